The van der Waals surface area contributed by atoms with Gasteiger partial charge in [-0.15, -0.1) is 0 Å². The van der Waals surface area contributed by atoms with Crippen LogP contribution in [0.3, 0.4) is 0 Å². The van der Waals surface area contributed by atoms with Gasteiger partial charge in [0.05, 0.1) is 0 Å². The zero-order chi connectivity index (χ0) is 8.27. The summed E-state index contributed by atoms with van der Waals surface area (Å²) < 4.78 is 0. The molecule has 0 aromatic carbocycles. The van der Waals surface area contributed by atoms with Crippen LogP contribution >= 0.6 is 0 Å². The van der Waals surface area contributed by atoms with E-state index in [1.807, 2.05) is 0 Å². The van der Waals surface area contributed by atoms with E-state index in [4.69, 9.17) is 0 Å². The van der Waals surface area contributed by atoms with Crippen molar-refractivity contribution in [3.05, 3.63) is 23.5 Å². The first-order valence-electron chi connectivity index (χ1n) is 3.30. The van der Waals surface area contributed by atoms with Gasteiger partial charge in [0.15, 0.2) is 0 Å². The third-order valence-corrected chi connectivity index (χ3v) is 1.45. The topological polar surface area (TPSA) is 37.4 Å². The van der Waals surface area contributed by atoms with Crippen molar-refractivity contribution in [3.63, 3.8) is 0 Å². The predicted molar refractivity (Wildman–Crippen MR) is 40.7 cm³/mol. The fourth-order valence-corrected chi connectivity index (χ4v) is 1.03. The molecule has 1 aliphatic rings. The monoisotopic (exact) mass is 151 g/mol. The molecule has 1 aliphatic heterocycles. The summed E-state index contributed by atoms with van der Waals surface area (Å²) in [5.74, 6) is 0. The minimum Gasteiger partial charge on any atom is -0.356 e. The molecule has 11 heavy (non-hydrogen) atoms. The van der Waals surface area contributed by atoms with E-state index < -0.39 is 0 Å². The highest BCUT2D eigenvalue weighted by molar-refractivity contribution is 5.81. The molecule has 1 heterocycles. The highest BCUT2D eigenvalue weighted by Gasteiger charge is 2.07. The van der Waals surface area contributed by atoms with E-state index in [0.29, 0.717) is 17.6 Å². The molecule has 0 bridgehead atoms. The van der Waals surface area contributed by atoms with E-state index >= 15 is 0 Å². The minimum atomic E-state index is 0.456. The summed E-state index contributed by atoms with van der Waals surface area (Å²) in [6.45, 7) is 0. The number of hydrogen-bond donors (Lipinski definition) is 0. The first-order chi connectivity index (χ1) is 5.26. The second-order valence-electron chi connectivity index (χ2n) is 2.49. The quantitative estimate of drug-likeness (QED) is 0.539. The van der Waals surface area contributed by atoms with Gasteiger partial charge >= 0.3 is 0 Å². The van der Waals surface area contributed by atoms with Gasteiger partial charge in [0.2, 0.25) is 0 Å². The van der Waals surface area contributed by atoms with Gasteiger partial charge in [0.25, 0.3) is 0 Å². The standard InChI is InChI=1S/C8H9NO2/c1-9-3-7(5-10)2-8(4-9)6-11/h3-6H,2H2,1H3. The van der Waals surface area contributed by atoms with Crippen molar-refractivity contribution in [2.45, 2.75) is 6.42 Å². The Balaban J connectivity index is 2.79. The van der Waals surface area contributed by atoms with Crippen LogP contribution in [-0.2, 0) is 9.59 Å². The zero-order valence-electron chi connectivity index (χ0n) is 6.28. The molecule has 0 radical (unpaired) electrons. The Morgan fingerprint density at radius 3 is 2.09 bits per heavy atom. The van der Waals surface area contributed by atoms with Crippen LogP contribution in [0.15, 0.2) is 23.5 Å². The van der Waals surface area contributed by atoms with Crippen LogP contribution in [0, 0.1) is 0 Å². The molecule has 0 unspecified atom stereocenters. The second kappa shape index (κ2) is 3.14. The molecule has 0 atom stereocenters. The minimum absolute atomic E-state index is 0.456. The van der Waals surface area contributed by atoms with Gasteiger partial charge in [-0.05, 0) is 0 Å². The molecule has 3 heteroatoms. The molecule has 0 saturated heterocycles. The SMILES string of the molecule is CN1C=C(C=O)CC(C=O)=C1. The highest BCUT2D eigenvalue weighted by Crippen LogP contribution is 2.13. The summed E-state index contributed by atoms with van der Waals surface area (Å²) in [7, 11) is 1.78. The summed E-state index contributed by atoms with van der Waals surface area (Å²) in [6, 6.07) is 0. The number of carbonyl (C=O) groups is 2. The van der Waals surface area contributed by atoms with Gasteiger partial charge in [-0.3, -0.25) is 9.59 Å². The molecule has 0 fully saturated rings. The summed E-state index contributed by atoms with van der Waals surface area (Å²) >= 11 is 0. The summed E-state index contributed by atoms with van der Waals surface area (Å²) in [4.78, 5) is 22.4. The number of nitrogens with zero attached hydrogens (tertiary/aromatic N) is 1. The van der Waals surface area contributed by atoms with Gasteiger partial charge in [-0.1, -0.05) is 0 Å². The summed E-state index contributed by atoms with van der Waals surface area (Å²) in [5, 5.41) is 0. The lowest BCUT2D eigenvalue weighted by Crippen LogP contribution is -2.11. The normalized spacial score (nSPS) is 17.0. The van der Waals surface area contributed by atoms with Gasteiger partial charge in [0.1, 0.15) is 12.6 Å². The smallest absolute Gasteiger partial charge is 0.147 e. The predicted octanol–water partition coefficient (Wildman–Crippen LogP) is 0.488. The van der Waals surface area contributed by atoms with Crippen molar-refractivity contribution < 1.29 is 9.59 Å². The lowest BCUT2D eigenvalue weighted by atomic mass is 10.1. The van der Waals surface area contributed by atoms with Crippen LogP contribution < -0.4 is 0 Å². The Morgan fingerprint density at radius 1 is 1.27 bits per heavy atom. The number of aldehydes is 2. The van der Waals surface area contributed by atoms with Crippen molar-refractivity contribution in [2.24, 2.45) is 0 Å². The van der Waals surface area contributed by atoms with E-state index in [-0.39, 0.29) is 0 Å². The number of hydrogen-bond acceptors (Lipinski definition) is 3. The van der Waals surface area contributed by atoms with Crippen molar-refractivity contribution in [1.82, 2.24) is 4.90 Å². The van der Waals surface area contributed by atoms with Crippen molar-refractivity contribution in [2.75, 3.05) is 7.05 Å². The number of allylic oxidation sites excluding steroid dienone is 2. The van der Waals surface area contributed by atoms with E-state index in [1.54, 1.807) is 24.3 Å². The first kappa shape index (κ1) is 7.72. The molecule has 0 amide bonds. The average Bonchev–Trinajstić information content (AvgIpc) is 2.03. The number of carbonyl (C=O) groups excluding carboxylic acids is 2. The molecular formula is C8H9NO2. The van der Waals surface area contributed by atoms with Crippen molar-refractivity contribution >= 4 is 12.6 Å². The van der Waals surface area contributed by atoms with Crippen LogP contribution in [0.1, 0.15) is 6.42 Å². The van der Waals surface area contributed by atoms with Crippen LogP contribution in [-0.4, -0.2) is 24.5 Å². The van der Waals surface area contributed by atoms with E-state index in [2.05, 4.69) is 0 Å². The van der Waals surface area contributed by atoms with E-state index in [0.717, 1.165) is 12.6 Å². The maximum Gasteiger partial charge on any atom is 0.147 e. The largest absolute Gasteiger partial charge is 0.356 e. The molecule has 58 valence electrons. The molecule has 0 aromatic rings. The lowest BCUT2D eigenvalue weighted by molar-refractivity contribution is -0.105. The van der Waals surface area contributed by atoms with Crippen molar-refractivity contribution in [1.29, 1.82) is 0 Å². The maximum absolute atomic E-state index is 10.3. The Bertz CT molecular complexity index is 216. The molecule has 3 nitrogen and oxygen atoms in total. The van der Waals surface area contributed by atoms with Crippen LogP contribution in [0.5, 0.6) is 0 Å². The van der Waals surface area contributed by atoms with Crippen molar-refractivity contribution in [3.8, 4) is 0 Å². The third kappa shape index (κ3) is 1.77. The van der Waals surface area contributed by atoms with Gasteiger partial charge in [-0.2, -0.15) is 0 Å². The second-order valence-corrected chi connectivity index (χ2v) is 2.49. The van der Waals surface area contributed by atoms with Gasteiger partial charge in [0, 0.05) is 37.0 Å². The van der Waals surface area contributed by atoms with Gasteiger partial charge in [-0.25, -0.2) is 0 Å². The Kier molecular flexibility index (Phi) is 2.21. The highest BCUT2D eigenvalue weighted by atomic mass is 16.1. The van der Waals surface area contributed by atoms with E-state index in [9.17, 15) is 9.59 Å². The first-order valence-corrected chi connectivity index (χ1v) is 3.30. The van der Waals surface area contributed by atoms with E-state index in [1.165, 1.54) is 0 Å². The third-order valence-electron chi connectivity index (χ3n) is 1.45. The molecular weight excluding hydrogens is 142 g/mol. The van der Waals surface area contributed by atoms with Crippen LogP contribution in [0.25, 0.3) is 0 Å². The Morgan fingerprint density at radius 2 is 1.73 bits per heavy atom. The fraction of sp³-hybridized carbons (Fsp3) is 0.250. The van der Waals surface area contributed by atoms with Gasteiger partial charge < -0.3 is 4.90 Å². The molecule has 0 saturated carbocycles. The molecule has 0 aliphatic carbocycles. The zero-order valence-corrected chi connectivity index (χ0v) is 6.28. The average molecular weight is 151 g/mol. The van der Waals surface area contributed by atoms with Crippen LogP contribution in [0.2, 0.25) is 0 Å². The van der Waals surface area contributed by atoms with Crippen LogP contribution in [0.4, 0.5) is 0 Å². The Labute approximate surface area is 65.0 Å². The molecule has 0 N–H and O–H groups in total. The Hall–Kier alpha value is -1.38. The molecule has 0 aromatic heterocycles. The number of rotatable bonds is 2. The molecule has 0 spiro atoms. The summed E-state index contributed by atoms with van der Waals surface area (Å²) in [6.07, 6.45) is 5.41. The lowest BCUT2D eigenvalue weighted by Gasteiger charge is -2.15. The fourth-order valence-electron chi connectivity index (χ4n) is 1.03. The summed E-state index contributed by atoms with van der Waals surface area (Å²) in [5.41, 5.74) is 1.27. The maximum atomic E-state index is 10.3. The molecule has 1 rings (SSSR count).